The molecule has 2 heteroatoms. The molecule has 0 saturated heterocycles. The van der Waals surface area contributed by atoms with E-state index in [-0.39, 0.29) is 11.6 Å². The molecule has 0 aliphatic carbocycles. The first-order valence-corrected chi connectivity index (χ1v) is 10.0. The molecule has 4 aromatic rings. The minimum atomic E-state index is -0.876. The van der Waals surface area contributed by atoms with Gasteiger partial charge in [0.2, 0.25) is 0 Å². The Morgan fingerprint density at radius 1 is 0.467 bits per heavy atom. The van der Waals surface area contributed by atoms with Crippen LogP contribution < -0.4 is 0 Å². The van der Waals surface area contributed by atoms with E-state index in [0.717, 1.165) is 11.1 Å². The van der Waals surface area contributed by atoms with Crippen molar-refractivity contribution in [3.8, 4) is 0 Å². The van der Waals surface area contributed by atoms with E-state index in [0.29, 0.717) is 11.1 Å². The van der Waals surface area contributed by atoms with Crippen LogP contribution in [0.2, 0.25) is 0 Å². The van der Waals surface area contributed by atoms with Crippen molar-refractivity contribution in [2.24, 2.45) is 0 Å². The Labute approximate surface area is 176 Å². The lowest BCUT2D eigenvalue weighted by molar-refractivity contribution is -0.120. The highest BCUT2D eigenvalue weighted by molar-refractivity contribution is 6.17. The summed E-state index contributed by atoms with van der Waals surface area (Å²) in [6.45, 7) is 0. The van der Waals surface area contributed by atoms with Crippen molar-refractivity contribution in [3.63, 3.8) is 0 Å². The van der Waals surface area contributed by atoms with Crippen LogP contribution in [-0.2, 0) is 4.79 Å². The maximum Gasteiger partial charge on any atom is 0.177 e. The first kappa shape index (κ1) is 19.5. The van der Waals surface area contributed by atoms with E-state index in [1.165, 1.54) is 0 Å². The highest BCUT2D eigenvalue weighted by atomic mass is 16.2. The third kappa shape index (κ3) is 4.13. The van der Waals surface area contributed by atoms with E-state index < -0.39 is 11.8 Å². The number of hydrogen-bond acceptors (Lipinski definition) is 2. The first-order chi connectivity index (χ1) is 14.8. The number of carbonyl (C=O) groups excluding carboxylic acids is 2. The number of Topliss-reactive ketones (excluding diaryl/α,β-unsaturated/α-hetero) is 2. The molecule has 30 heavy (non-hydrogen) atoms. The molecule has 0 fully saturated rings. The van der Waals surface area contributed by atoms with Gasteiger partial charge in [-0.25, -0.2) is 0 Å². The lowest BCUT2D eigenvalue weighted by Crippen LogP contribution is -2.28. The zero-order chi connectivity index (χ0) is 20.8. The van der Waals surface area contributed by atoms with Crippen molar-refractivity contribution < 1.29 is 9.59 Å². The summed E-state index contributed by atoms with van der Waals surface area (Å²) in [5.74, 6) is -1.69. The quantitative estimate of drug-likeness (QED) is 0.284. The second kappa shape index (κ2) is 9.15. The van der Waals surface area contributed by atoms with Gasteiger partial charge in [-0.15, -0.1) is 0 Å². The van der Waals surface area contributed by atoms with Crippen LogP contribution in [0.3, 0.4) is 0 Å². The van der Waals surface area contributed by atoms with Crippen LogP contribution in [0.1, 0.15) is 38.9 Å². The molecule has 1 atom stereocenters. The van der Waals surface area contributed by atoms with Gasteiger partial charge in [0.05, 0.1) is 5.92 Å². The second-order valence-corrected chi connectivity index (χ2v) is 7.23. The molecule has 0 N–H and O–H groups in total. The van der Waals surface area contributed by atoms with Gasteiger partial charge in [0.1, 0.15) is 5.92 Å². The van der Waals surface area contributed by atoms with Crippen LogP contribution in [0.25, 0.3) is 0 Å². The van der Waals surface area contributed by atoms with Gasteiger partial charge in [-0.3, -0.25) is 9.59 Å². The molecular formula is C28H22O2. The number of hydrogen-bond donors (Lipinski definition) is 0. The Balaban J connectivity index is 1.84. The SMILES string of the molecule is O=C(c1ccccc1)C(C(=O)C(c1ccccc1)c1ccccc1)c1ccccc1. The maximum absolute atomic E-state index is 14.0. The number of carbonyl (C=O) groups is 2. The van der Waals surface area contributed by atoms with Crippen LogP contribution >= 0.6 is 0 Å². The average Bonchev–Trinajstić information content (AvgIpc) is 2.82. The van der Waals surface area contributed by atoms with E-state index >= 15 is 0 Å². The summed E-state index contributed by atoms with van der Waals surface area (Å²) < 4.78 is 0. The Bertz CT molecular complexity index is 1060. The van der Waals surface area contributed by atoms with Crippen molar-refractivity contribution >= 4 is 11.6 Å². The van der Waals surface area contributed by atoms with E-state index in [4.69, 9.17) is 0 Å². The predicted octanol–water partition coefficient (Wildman–Crippen LogP) is 6.05. The molecule has 0 bridgehead atoms. The van der Waals surface area contributed by atoms with Crippen LogP contribution in [0.5, 0.6) is 0 Å². The third-order valence-corrected chi connectivity index (χ3v) is 5.29. The van der Waals surface area contributed by atoms with Crippen molar-refractivity contribution in [1.29, 1.82) is 0 Å². The van der Waals surface area contributed by atoms with Gasteiger partial charge in [-0.2, -0.15) is 0 Å². The lowest BCUT2D eigenvalue weighted by atomic mass is 9.77. The van der Waals surface area contributed by atoms with Crippen LogP contribution in [0, 0.1) is 0 Å². The van der Waals surface area contributed by atoms with Crippen molar-refractivity contribution in [1.82, 2.24) is 0 Å². The zero-order valence-corrected chi connectivity index (χ0v) is 16.5. The zero-order valence-electron chi connectivity index (χ0n) is 16.5. The molecule has 0 spiro atoms. The van der Waals surface area contributed by atoms with Crippen LogP contribution in [0.15, 0.2) is 121 Å². The van der Waals surface area contributed by atoms with Gasteiger partial charge in [0.15, 0.2) is 11.6 Å². The Morgan fingerprint density at radius 2 is 0.833 bits per heavy atom. The smallest absolute Gasteiger partial charge is 0.177 e. The summed E-state index contributed by atoms with van der Waals surface area (Å²) in [4.78, 5) is 27.6. The predicted molar refractivity (Wildman–Crippen MR) is 120 cm³/mol. The molecule has 0 aromatic heterocycles. The highest BCUT2D eigenvalue weighted by Gasteiger charge is 2.35. The molecule has 0 aliphatic heterocycles. The van der Waals surface area contributed by atoms with Gasteiger partial charge in [-0.05, 0) is 16.7 Å². The summed E-state index contributed by atoms with van der Waals surface area (Å²) in [5, 5.41) is 0. The van der Waals surface area contributed by atoms with Crippen LogP contribution in [0.4, 0.5) is 0 Å². The van der Waals surface area contributed by atoms with E-state index in [1.807, 2.05) is 109 Å². The maximum atomic E-state index is 14.0. The van der Waals surface area contributed by atoms with Gasteiger partial charge in [0.25, 0.3) is 0 Å². The molecule has 0 saturated carbocycles. The van der Waals surface area contributed by atoms with Gasteiger partial charge in [0, 0.05) is 5.56 Å². The summed E-state index contributed by atoms with van der Waals surface area (Å²) in [6, 6.07) is 37.8. The van der Waals surface area contributed by atoms with E-state index in [9.17, 15) is 9.59 Å². The van der Waals surface area contributed by atoms with E-state index in [2.05, 4.69) is 0 Å². The van der Waals surface area contributed by atoms with E-state index in [1.54, 1.807) is 12.1 Å². The largest absolute Gasteiger partial charge is 0.297 e. The number of rotatable bonds is 7. The summed E-state index contributed by atoms with van der Waals surface area (Å²) in [7, 11) is 0. The summed E-state index contributed by atoms with van der Waals surface area (Å²) in [5.41, 5.74) is 3.03. The molecule has 4 aromatic carbocycles. The average molecular weight is 390 g/mol. The molecule has 146 valence electrons. The fraction of sp³-hybridized carbons (Fsp3) is 0.0714. The highest BCUT2D eigenvalue weighted by Crippen LogP contribution is 2.34. The van der Waals surface area contributed by atoms with Crippen molar-refractivity contribution in [2.45, 2.75) is 11.8 Å². The minimum absolute atomic E-state index is 0.118. The van der Waals surface area contributed by atoms with Gasteiger partial charge >= 0.3 is 0 Å². The van der Waals surface area contributed by atoms with Gasteiger partial charge < -0.3 is 0 Å². The second-order valence-electron chi connectivity index (χ2n) is 7.23. The Hall–Kier alpha value is -3.78. The van der Waals surface area contributed by atoms with Crippen molar-refractivity contribution in [2.75, 3.05) is 0 Å². The number of ketones is 2. The third-order valence-electron chi connectivity index (χ3n) is 5.29. The molecule has 0 radical (unpaired) electrons. The van der Waals surface area contributed by atoms with Crippen LogP contribution in [-0.4, -0.2) is 11.6 Å². The lowest BCUT2D eigenvalue weighted by Gasteiger charge is -2.23. The molecule has 2 nitrogen and oxygen atoms in total. The molecule has 4 rings (SSSR count). The molecule has 0 aliphatic rings. The number of benzene rings is 4. The minimum Gasteiger partial charge on any atom is -0.297 e. The molecule has 0 heterocycles. The Kier molecular flexibility index (Phi) is 5.95. The standard InChI is InChI=1S/C28H22O2/c29-27(24-19-11-4-12-20-24)26(23-17-9-3-10-18-23)28(30)25(21-13-5-1-6-14-21)22-15-7-2-8-16-22/h1-20,25-26H. The molecule has 0 amide bonds. The molecular weight excluding hydrogens is 368 g/mol. The fourth-order valence-corrected chi connectivity index (χ4v) is 3.84. The Morgan fingerprint density at radius 3 is 1.27 bits per heavy atom. The first-order valence-electron chi connectivity index (χ1n) is 10.0. The monoisotopic (exact) mass is 390 g/mol. The van der Waals surface area contributed by atoms with Gasteiger partial charge in [-0.1, -0.05) is 121 Å². The van der Waals surface area contributed by atoms with Crippen molar-refractivity contribution in [3.05, 3.63) is 144 Å². The normalized spacial score (nSPS) is 11.8. The summed E-state index contributed by atoms with van der Waals surface area (Å²) in [6.07, 6.45) is 0. The molecule has 1 unspecified atom stereocenters. The summed E-state index contributed by atoms with van der Waals surface area (Å²) >= 11 is 0. The topological polar surface area (TPSA) is 34.1 Å². The fourth-order valence-electron chi connectivity index (χ4n) is 3.84.